The normalized spacial score (nSPS) is 17.3. The topological polar surface area (TPSA) is 84.0 Å². The fourth-order valence-corrected chi connectivity index (χ4v) is 3.08. The fraction of sp³-hybridized carbons (Fsp3) is 0.444. The van der Waals surface area contributed by atoms with Crippen LogP contribution in [0.15, 0.2) is 24.3 Å². The van der Waals surface area contributed by atoms with Crippen molar-refractivity contribution in [3.8, 4) is 0 Å². The van der Waals surface area contributed by atoms with Gasteiger partial charge in [0.25, 0.3) is 11.8 Å². The number of methoxy groups -OCH3 is 1. The second kappa shape index (κ2) is 6.66. The zero-order valence-corrected chi connectivity index (χ0v) is 14.2. The number of hydrogen-bond acceptors (Lipinski definition) is 5. The summed E-state index contributed by atoms with van der Waals surface area (Å²) in [6.07, 6.45) is 1.82. The van der Waals surface area contributed by atoms with Crippen LogP contribution in [0.4, 0.5) is 0 Å². The van der Waals surface area contributed by atoms with Crippen LogP contribution in [-0.4, -0.2) is 59.2 Å². The van der Waals surface area contributed by atoms with Crippen molar-refractivity contribution >= 4 is 23.7 Å². The predicted octanol–water partition coefficient (Wildman–Crippen LogP) is 1.23. The minimum atomic E-state index is -0.911. The van der Waals surface area contributed by atoms with Crippen LogP contribution in [0.2, 0.25) is 0 Å². The summed E-state index contributed by atoms with van der Waals surface area (Å²) in [7, 11) is 1.30. The Hall–Kier alpha value is -2.70. The van der Waals surface area contributed by atoms with E-state index in [-0.39, 0.29) is 24.9 Å². The van der Waals surface area contributed by atoms with E-state index in [1.54, 1.807) is 36.1 Å². The van der Waals surface area contributed by atoms with Crippen molar-refractivity contribution in [2.24, 2.45) is 0 Å². The number of imide groups is 1. The lowest BCUT2D eigenvalue weighted by atomic mass is 10.1. The SMILES string of the molecule is COC(=O)CCN(C(=O)C(C)N1C(=O)c2ccccc2C1=O)C1CC1. The number of rotatable bonds is 6. The van der Waals surface area contributed by atoms with Gasteiger partial charge in [0, 0.05) is 12.6 Å². The molecule has 3 rings (SSSR count). The van der Waals surface area contributed by atoms with E-state index in [4.69, 9.17) is 0 Å². The summed E-state index contributed by atoms with van der Waals surface area (Å²) in [6.45, 7) is 1.78. The first-order valence-corrected chi connectivity index (χ1v) is 8.30. The van der Waals surface area contributed by atoms with Crippen LogP contribution in [0.25, 0.3) is 0 Å². The highest BCUT2D eigenvalue weighted by molar-refractivity contribution is 6.22. The molecule has 1 saturated carbocycles. The van der Waals surface area contributed by atoms with Crippen LogP contribution in [-0.2, 0) is 14.3 Å². The molecule has 1 aliphatic heterocycles. The molecule has 1 unspecified atom stereocenters. The summed E-state index contributed by atoms with van der Waals surface area (Å²) < 4.78 is 4.62. The molecule has 3 amide bonds. The summed E-state index contributed by atoms with van der Waals surface area (Å²) in [5.41, 5.74) is 0.638. The van der Waals surface area contributed by atoms with E-state index >= 15 is 0 Å². The molecule has 0 bridgehead atoms. The molecule has 132 valence electrons. The number of esters is 1. The molecular weight excluding hydrogens is 324 g/mol. The Morgan fingerprint density at radius 1 is 1.20 bits per heavy atom. The van der Waals surface area contributed by atoms with Crippen LogP contribution in [0, 0.1) is 0 Å². The molecular formula is C18H20N2O5. The second-order valence-corrected chi connectivity index (χ2v) is 6.29. The van der Waals surface area contributed by atoms with Gasteiger partial charge in [0.1, 0.15) is 6.04 Å². The predicted molar refractivity (Wildman–Crippen MR) is 87.8 cm³/mol. The summed E-state index contributed by atoms with van der Waals surface area (Å²) in [5, 5.41) is 0. The van der Waals surface area contributed by atoms with Gasteiger partial charge in [-0.3, -0.25) is 24.1 Å². The van der Waals surface area contributed by atoms with Gasteiger partial charge in [0.05, 0.1) is 24.7 Å². The van der Waals surface area contributed by atoms with E-state index in [1.807, 2.05) is 0 Å². The van der Waals surface area contributed by atoms with Crippen LogP contribution in [0.1, 0.15) is 46.9 Å². The zero-order chi connectivity index (χ0) is 18.1. The Balaban J connectivity index is 1.76. The molecule has 25 heavy (non-hydrogen) atoms. The van der Waals surface area contributed by atoms with Crippen LogP contribution in [0.5, 0.6) is 0 Å². The van der Waals surface area contributed by atoms with Crippen LogP contribution >= 0.6 is 0 Å². The molecule has 1 heterocycles. The van der Waals surface area contributed by atoms with Crippen molar-refractivity contribution in [3.05, 3.63) is 35.4 Å². The molecule has 1 aromatic rings. The first kappa shape index (κ1) is 17.1. The number of carbonyl (C=O) groups is 4. The maximum Gasteiger partial charge on any atom is 0.307 e. The van der Waals surface area contributed by atoms with Gasteiger partial charge in [-0.05, 0) is 31.9 Å². The summed E-state index contributed by atoms with van der Waals surface area (Å²) in [5.74, 6) is -1.62. The fourth-order valence-electron chi connectivity index (χ4n) is 3.08. The molecule has 1 atom stereocenters. The number of amides is 3. The Kier molecular flexibility index (Phi) is 4.57. The highest BCUT2D eigenvalue weighted by Gasteiger charge is 2.43. The van der Waals surface area contributed by atoms with E-state index < -0.39 is 23.8 Å². The van der Waals surface area contributed by atoms with E-state index in [0.717, 1.165) is 17.7 Å². The second-order valence-electron chi connectivity index (χ2n) is 6.29. The Morgan fingerprint density at radius 3 is 2.24 bits per heavy atom. The minimum absolute atomic E-state index is 0.0646. The van der Waals surface area contributed by atoms with E-state index in [2.05, 4.69) is 4.74 Å². The van der Waals surface area contributed by atoms with Crippen molar-refractivity contribution in [2.75, 3.05) is 13.7 Å². The van der Waals surface area contributed by atoms with Crippen LogP contribution < -0.4 is 0 Å². The molecule has 7 heteroatoms. The average Bonchev–Trinajstić information content (AvgIpc) is 3.42. The molecule has 0 radical (unpaired) electrons. The first-order chi connectivity index (χ1) is 12.0. The number of benzene rings is 1. The van der Waals surface area contributed by atoms with Gasteiger partial charge in [0.15, 0.2) is 0 Å². The molecule has 0 aromatic heterocycles. The maximum atomic E-state index is 12.9. The maximum absolute atomic E-state index is 12.9. The van der Waals surface area contributed by atoms with Gasteiger partial charge < -0.3 is 9.64 Å². The smallest absolute Gasteiger partial charge is 0.307 e. The molecule has 7 nitrogen and oxygen atoms in total. The lowest BCUT2D eigenvalue weighted by Crippen LogP contribution is -2.50. The van der Waals surface area contributed by atoms with Crippen LogP contribution in [0.3, 0.4) is 0 Å². The number of fused-ring (bicyclic) bond motifs is 1. The molecule has 1 aromatic carbocycles. The Morgan fingerprint density at radius 2 is 1.76 bits per heavy atom. The number of nitrogens with zero attached hydrogens (tertiary/aromatic N) is 2. The van der Waals surface area contributed by atoms with Crippen molar-refractivity contribution in [3.63, 3.8) is 0 Å². The third-order valence-corrected chi connectivity index (χ3v) is 4.63. The number of ether oxygens (including phenoxy) is 1. The van der Waals surface area contributed by atoms with Gasteiger partial charge >= 0.3 is 5.97 Å². The van der Waals surface area contributed by atoms with Crippen molar-refractivity contribution < 1.29 is 23.9 Å². The molecule has 0 N–H and O–H groups in total. The zero-order valence-electron chi connectivity index (χ0n) is 14.2. The quantitative estimate of drug-likeness (QED) is 0.572. The van der Waals surface area contributed by atoms with E-state index in [1.165, 1.54) is 7.11 Å². The van der Waals surface area contributed by atoms with E-state index in [0.29, 0.717) is 11.1 Å². The van der Waals surface area contributed by atoms with Gasteiger partial charge in [-0.15, -0.1) is 0 Å². The standard InChI is InChI=1S/C18H20N2O5/c1-11(16(22)19(12-7-8-12)10-9-15(21)25-2)20-17(23)13-5-3-4-6-14(13)18(20)24/h3-6,11-12H,7-10H2,1-2H3. The largest absolute Gasteiger partial charge is 0.469 e. The number of carbonyl (C=O) groups excluding carboxylic acids is 4. The average molecular weight is 344 g/mol. The Labute approximate surface area is 145 Å². The highest BCUT2D eigenvalue weighted by atomic mass is 16.5. The summed E-state index contributed by atoms with van der Waals surface area (Å²) >= 11 is 0. The summed E-state index contributed by atoms with van der Waals surface area (Å²) in [6, 6.07) is 5.70. The van der Waals surface area contributed by atoms with Crippen molar-refractivity contribution in [1.82, 2.24) is 9.80 Å². The molecule has 0 saturated heterocycles. The molecule has 1 aliphatic carbocycles. The third-order valence-electron chi connectivity index (χ3n) is 4.63. The van der Waals surface area contributed by atoms with Gasteiger partial charge in [-0.2, -0.15) is 0 Å². The molecule has 0 spiro atoms. The Bertz CT molecular complexity index is 706. The lowest BCUT2D eigenvalue weighted by Gasteiger charge is -2.29. The van der Waals surface area contributed by atoms with E-state index in [9.17, 15) is 19.2 Å². The molecule has 2 aliphatic rings. The third kappa shape index (κ3) is 3.14. The highest BCUT2D eigenvalue weighted by Crippen LogP contribution is 2.30. The van der Waals surface area contributed by atoms with Crippen molar-refractivity contribution in [2.45, 2.75) is 38.3 Å². The van der Waals surface area contributed by atoms with Crippen molar-refractivity contribution in [1.29, 1.82) is 0 Å². The van der Waals surface area contributed by atoms with Gasteiger partial charge in [0.2, 0.25) is 5.91 Å². The number of hydrogen-bond donors (Lipinski definition) is 0. The van der Waals surface area contributed by atoms with Gasteiger partial charge in [-0.25, -0.2) is 0 Å². The molecule has 1 fully saturated rings. The lowest BCUT2D eigenvalue weighted by molar-refractivity contribution is -0.142. The monoisotopic (exact) mass is 344 g/mol. The van der Waals surface area contributed by atoms with Gasteiger partial charge in [-0.1, -0.05) is 12.1 Å². The minimum Gasteiger partial charge on any atom is -0.469 e. The first-order valence-electron chi connectivity index (χ1n) is 8.30. The summed E-state index contributed by atoms with van der Waals surface area (Å²) in [4.78, 5) is 51.9.